The first-order valence-electron chi connectivity index (χ1n) is 6.77. The van der Waals surface area contributed by atoms with Crippen LogP contribution in [0.4, 0.5) is 0 Å². The topological polar surface area (TPSA) is 50.2 Å². The third kappa shape index (κ3) is 4.86. The molecule has 100 valence electrons. The lowest BCUT2D eigenvalue weighted by molar-refractivity contribution is -0.137. The van der Waals surface area contributed by atoms with Crippen LogP contribution in [0.5, 0.6) is 0 Å². The Morgan fingerprint density at radius 1 is 1.39 bits per heavy atom. The fourth-order valence-electron chi connectivity index (χ4n) is 2.30. The van der Waals surface area contributed by atoms with Crippen molar-refractivity contribution in [2.75, 3.05) is 0 Å². The van der Waals surface area contributed by atoms with E-state index >= 15 is 0 Å². The normalized spacial score (nSPS) is 14.1. The van der Waals surface area contributed by atoms with E-state index in [0.29, 0.717) is 5.92 Å². The van der Waals surface area contributed by atoms with Gasteiger partial charge in [-0.2, -0.15) is 0 Å². The van der Waals surface area contributed by atoms with E-state index in [9.17, 15) is 4.79 Å². The monoisotopic (exact) mass is 249 g/mol. The first-order chi connectivity index (χ1) is 8.65. The molecule has 0 aliphatic heterocycles. The quantitative estimate of drug-likeness (QED) is 0.712. The number of pyridine rings is 1. The van der Waals surface area contributed by atoms with Gasteiger partial charge in [0.25, 0.3) is 0 Å². The van der Waals surface area contributed by atoms with Gasteiger partial charge in [0.15, 0.2) is 0 Å². The Kier molecular flexibility index (Phi) is 6.40. The third-order valence-electron chi connectivity index (χ3n) is 3.41. The van der Waals surface area contributed by atoms with Crippen LogP contribution in [0.3, 0.4) is 0 Å². The molecule has 0 bridgehead atoms. The SMILES string of the molecule is CCCCCC(C)C(CC(=O)O)c1ccccn1. The van der Waals surface area contributed by atoms with Crippen molar-refractivity contribution in [2.45, 2.75) is 51.9 Å². The van der Waals surface area contributed by atoms with Crippen LogP contribution in [-0.2, 0) is 4.79 Å². The van der Waals surface area contributed by atoms with Crippen molar-refractivity contribution in [2.24, 2.45) is 5.92 Å². The van der Waals surface area contributed by atoms with Gasteiger partial charge in [0.05, 0.1) is 6.42 Å². The predicted molar refractivity (Wildman–Crippen MR) is 72.5 cm³/mol. The van der Waals surface area contributed by atoms with E-state index in [4.69, 9.17) is 5.11 Å². The molecule has 1 N–H and O–H groups in total. The zero-order valence-corrected chi connectivity index (χ0v) is 11.3. The molecule has 1 heterocycles. The van der Waals surface area contributed by atoms with Crippen molar-refractivity contribution >= 4 is 5.97 Å². The summed E-state index contributed by atoms with van der Waals surface area (Å²) in [7, 11) is 0. The second kappa shape index (κ2) is 7.85. The molecule has 0 aliphatic rings. The van der Waals surface area contributed by atoms with Crippen LogP contribution in [0, 0.1) is 5.92 Å². The van der Waals surface area contributed by atoms with Crippen molar-refractivity contribution in [1.29, 1.82) is 0 Å². The Balaban J connectivity index is 2.69. The molecule has 1 rings (SSSR count). The standard InChI is InChI=1S/C15H23NO2/c1-3-4-5-8-12(2)13(11-15(17)18)14-9-6-7-10-16-14/h6-7,9-10,12-13H,3-5,8,11H2,1-2H3,(H,17,18). The molecular formula is C15H23NO2. The molecule has 0 fully saturated rings. The van der Waals surface area contributed by atoms with E-state index in [2.05, 4.69) is 18.8 Å². The van der Waals surface area contributed by atoms with E-state index in [1.165, 1.54) is 19.3 Å². The van der Waals surface area contributed by atoms with Gasteiger partial charge in [0.2, 0.25) is 0 Å². The summed E-state index contributed by atoms with van der Waals surface area (Å²) in [6, 6.07) is 5.73. The summed E-state index contributed by atoms with van der Waals surface area (Å²) in [4.78, 5) is 15.3. The van der Waals surface area contributed by atoms with Gasteiger partial charge >= 0.3 is 5.97 Å². The second-order valence-corrected chi connectivity index (χ2v) is 4.93. The average Bonchev–Trinajstić information content (AvgIpc) is 2.37. The van der Waals surface area contributed by atoms with E-state index in [1.54, 1.807) is 6.20 Å². The van der Waals surface area contributed by atoms with Gasteiger partial charge in [-0.3, -0.25) is 9.78 Å². The highest BCUT2D eigenvalue weighted by Crippen LogP contribution is 2.30. The zero-order valence-electron chi connectivity index (χ0n) is 11.3. The average molecular weight is 249 g/mol. The first kappa shape index (κ1) is 14.7. The van der Waals surface area contributed by atoms with Crippen molar-refractivity contribution in [3.63, 3.8) is 0 Å². The van der Waals surface area contributed by atoms with E-state index in [1.807, 2.05) is 18.2 Å². The minimum Gasteiger partial charge on any atom is -0.481 e. The second-order valence-electron chi connectivity index (χ2n) is 4.93. The summed E-state index contributed by atoms with van der Waals surface area (Å²) < 4.78 is 0. The highest BCUT2D eigenvalue weighted by atomic mass is 16.4. The van der Waals surface area contributed by atoms with Gasteiger partial charge in [0.1, 0.15) is 0 Å². The first-order valence-corrected chi connectivity index (χ1v) is 6.77. The van der Waals surface area contributed by atoms with Crippen LogP contribution in [0.25, 0.3) is 0 Å². The van der Waals surface area contributed by atoms with Crippen molar-refractivity contribution in [1.82, 2.24) is 4.98 Å². The fraction of sp³-hybridized carbons (Fsp3) is 0.600. The van der Waals surface area contributed by atoms with Crippen LogP contribution < -0.4 is 0 Å². The van der Waals surface area contributed by atoms with E-state index < -0.39 is 5.97 Å². The highest BCUT2D eigenvalue weighted by Gasteiger charge is 2.22. The maximum atomic E-state index is 11.0. The van der Waals surface area contributed by atoms with Gasteiger partial charge in [-0.1, -0.05) is 45.6 Å². The van der Waals surface area contributed by atoms with Gasteiger partial charge in [-0.15, -0.1) is 0 Å². The molecule has 0 radical (unpaired) electrons. The molecular weight excluding hydrogens is 226 g/mol. The molecule has 1 aromatic rings. The molecule has 0 aromatic carbocycles. The maximum Gasteiger partial charge on any atom is 0.304 e. The molecule has 0 aliphatic carbocycles. The largest absolute Gasteiger partial charge is 0.481 e. The van der Waals surface area contributed by atoms with Crippen LogP contribution in [0.2, 0.25) is 0 Å². The molecule has 0 saturated heterocycles. The molecule has 3 nitrogen and oxygen atoms in total. The highest BCUT2D eigenvalue weighted by molar-refractivity contribution is 5.67. The number of unbranched alkanes of at least 4 members (excludes halogenated alkanes) is 2. The molecule has 18 heavy (non-hydrogen) atoms. The molecule has 0 amide bonds. The Morgan fingerprint density at radius 2 is 2.17 bits per heavy atom. The predicted octanol–water partition coefficient (Wildman–Crippen LogP) is 3.86. The van der Waals surface area contributed by atoms with Crippen LogP contribution in [-0.4, -0.2) is 16.1 Å². The third-order valence-corrected chi connectivity index (χ3v) is 3.41. The Hall–Kier alpha value is -1.38. The molecule has 2 unspecified atom stereocenters. The summed E-state index contributed by atoms with van der Waals surface area (Å²) in [5.41, 5.74) is 0.906. The van der Waals surface area contributed by atoms with Gasteiger partial charge in [-0.25, -0.2) is 0 Å². The number of aromatic nitrogens is 1. The number of hydrogen-bond donors (Lipinski definition) is 1. The van der Waals surface area contributed by atoms with Gasteiger partial charge in [0, 0.05) is 17.8 Å². The summed E-state index contributed by atoms with van der Waals surface area (Å²) in [6.07, 6.45) is 6.56. The lowest BCUT2D eigenvalue weighted by Crippen LogP contribution is -2.15. The van der Waals surface area contributed by atoms with E-state index in [-0.39, 0.29) is 12.3 Å². The summed E-state index contributed by atoms with van der Waals surface area (Å²) in [5, 5.41) is 9.04. The van der Waals surface area contributed by atoms with Crippen LogP contribution in [0.15, 0.2) is 24.4 Å². The number of hydrogen-bond acceptors (Lipinski definition) is 2. The van der Waals surface area contributed by atoms with Crippen LogP contribution >= 0.6 is 0 Å². The van der Waals surface area contributed by atoms with Gasteiger partial charge in [-0.05, 0) is 18.1 Å². The summed E-state index contributed by atoms with van der Waals surface area (Å²) in [6.45, 7) is 4.32. The van der Waals surface area contributed by atoms with Crippen molar-refractivity contribution < 1.29 is 9.90 Å². The number of carbonyl (C=O) groups is 1. The number of carboxylic acid groups (broad SMARTS) is 1. The van der Waals surface area contributed by atoms with Crippen molar-refractivity contribution in [3.8, 4) is 0 Å². The number of nitrogens with zero attached hydrogens (tertiary/aromatic N) is 1. The molecule has 3 heteroatoms. The zero-order chi connectivity index (χ0) is 13.4. The van der Waals surface area contributed by atoms with Crippen LogP contribution in [0.1, 0.15) is 57.6 Å². The maximum absolute atomic E-state index is 11.0. The molecule has 1 aromatic heterocycles. The molecule has 0 saturated carbocycles. The minimum atomic E-state index is -0.743. The minimum absolute atomic E-state index is 0.0283. The fourth-order valence-corrected chi connectivity index (χ4v) is 2.30. The summed E-state index contributed by atoms with van der Waals surface area (Å²) >= 11 is 0. The smallest absolute Gasteiger partial charge is 0.304 e. The molecule has 0 spiro atoms. The number of carboxylic acids is 1. The molecule has 2 atom stereocenters. The lowest BCUT2D eigenvalue weighted by atomic mass is 9.84. The Bertz CT molecular complexity index is 351. The Labute approximate surface area is 109 Å². The number of aliphatic carboxylic acids is 1. The van der Waals surface area contributed by atoms with E-state index in [0.717, 1.165) is 12.1 Å². The van der Waals surface area contributed by atoms with Crippen molar-refractivity contribution in [3.05, 3.63) is 30.1 Å². The van der Waals surface area contributed by atoms with Gasteiger partial charge < -0.3 is 5.11 Å². The lowest BCUT2D eigenvalue weighted by Gasteiger charge is -2.22. The number of rotatable bonds is 8. The summed E-state index contributed by atoms with van der Waals surface area (Å²) in [5.74, 6) is -0.351. The Morgan fingerprint density at radius 3 is 2.72 bits per heavy atom.